The Morgan fingerprint density at radius 3 is 2.54 bits per heavy atom. The van der Waals surface area contributed by atoms with Crippen molar-refractivity contribution in [2.24, 2.45) is 0 Å². The van der Waals surface area contributed by atoms with Crippen LogP contribution in [0.15, 0.2) is 42.7 Å². The molecule has 6 nitrogen and oxygen atoms in total. The van der Waals surface area contributed by atoms with Gasteiger partial charge in [-0.25, -0.2) is 9.97 Å². The summed E-state index contributed by atoms with van der Waals surface area (Å²) in [4.78, 5) is 21.0. The van der Waals surface area contributed by atoms with Crippen molar-refractivity contribution in [2.45, 2.75) is 50.2 Å². The number of benzene rings is 1. The molecule has 2 fully saturated rings. The Hall–Kier alpha value is -2.47. The standard InChI is InChI=1S/C20H24N4O2/c25-18(23-17-11-20(26-14-17)9-5-2-6-10-20)15-12-21-19(22-13-15)24-16-7-3-1-4-8-16/h1,3-4,7-8,12-13,17H,2,5-6,9-11,14H2,(H,23,25)(H,21,22,24)/t17-/m1/s1. The summed E-state index contributed by atoms with van der Waals surface area (Å²) in [6.07, 6.45) is 10.00. The first kappa shape index (κ1) is 17.0. The second-order valence-corrected chi connectivity index (χ2v) is 7.22. The molecule has 2 heterocycles. The van der Waals surface area contributed by atoms with E-state index in [2.05, 4.69) is 20.6 Å². The highest BCUT2D eigenvalue weighted by molar-refractivity contribution is 5.93. The van der Waals surface area contributed by atoms with Crippen LogP contribution in [0.4, 0.5) is 11.6 Å². The summed E-state index contributed by atoms with van der Waals surface area (Å²) in [5.41, 5.74) is 1.37. The van der Waals surface area contributed by atoms with Crippen molar-refractivity contribution in [3.8, 4) is 0 Å². The highest BCUT2D eigenvalue weighted by atomic mass is 16.5. The van der Waals surface area contributed by atoms with Gasteiger partial charge in [0.1, 0.15) is 0 Å². The predicted molar refractivity (Wildman–Crippen MR) is 99.4 cm³/mol. The Bertz CT molecular complexity index is 742. The summed E-state index contributed by atoms with van der Waals surface area (Å²) in [7, 11) is 0. The molecule has 0 unspecified atom stereocenters. The summed E-state index contributed by atoms with van der Waals surface area (Å²) in [5.74, 6) is 0.329. The van der Waals surface area contributed by atoms with Gasteiger partial charge in [0.25, 0.3) is 5.91 Å². The van der Waals surface area contributed by atoms with Gasteiger partial charge in [0.2, 0.25) is 5.95 Å². The molecule has 2 aliphatic rings. The second kappa shape index (κ2) is 7.41. The van der Waals surface area contributed by atoms with Gasteiger partial charge in [-0.05, 0) is 31.4 Å². The molecule has 1 aliphatic carbocycles. The first-order valence-corrected chi connectivity index (χ1v) is 9.31. The maximum Gasteiger partial charge on any atom is 0.254 e. The molecule has 1 atom stereocenters. The van der Waals surface area contributed by atoms with Crippen LogP contribution in [0.3, 0.4) is 0 Å². The van der Waals surface area contributed by atoms with E-state index in [1.165, 1.54) is 19.3 Å². The van der Waals surface area contributed by atoms with Gasteiger partial charge < -0.3 is 15.4 Å². The summed E-state index contributed by atoms with van der Waals surface area (Å²) < 4.78 is 6.06. The van der Waals surface area contributed by atoms with E-state index in [0.29, 0.717) is 18.1 Å². The van der Waals surface area contributed by atoms with Crippen LogP contribution in [0, 0.1) is 0 Å². The lowest BCUT2D eigenvalue weighted by molar-refractivity contribution is -0.0246. The quantitative estimate of drug-likeness (QED) is 0.881. The van der Waals surface area contributed by atoms with Crippen molar-refractivity contribution in [1.29, 1.82) is 0 Å². The molecule has 1 amide bonds. The molecule has 0 radical (unpaired) electrons. The normalized spacial score (nSPS) is 21.5. The number of para-hydroxylation sites is 1. The van der Waals surface area contributed by atoms with E-state index in [1.807, 2.05) is 30.3 Å². The number of nitrogens with one attached hydrogen (secondary N) is 2. The molecular formula is C20H24N4O2. The van der Waals surface area contributed by atoms with Crippen LogP contribution in [0.1, 0.15) is 48.9 Å². The average Bonchev–Trinajstić information content (AvgIpc) is 3.05. The van der Waals surface area contributed by atoms with Crippen molar-refractivity contribution >= 4 is 17.5 Å². The maximum atomic E-state index is 12.5. The van der Waals surface area contributed by atoms with Gasteiger partial charge >= 0.3 is 0 Å². The highest BCUT2D eigenvalue weighted by Gasteiger charge is 2.41. The molecular weight excluding hydrogens is 328 g/mol. The van der Waals surface area contributed by atoms with Crippen LogP contribution in [0.5, 0.6) is 0 Å². The van der Waals surface area contributed by atoms with Gasteiger partial charge in [0.05, 0.1) is 23.8 Å². The molecule has 1 aromatic heterocycles. The summed E-state index contributed by atoms with van der Waals surface area (Å²) in [6, 6.07) is 9.77. The minimum Gasteiger partial charge on any atom is -0.373 e. The Kier molecular flexibility index (Phi) is 4.84. The van der Waals surface area contributed by atoms with Gasteiger partial charge in [-0.1, -0.05) is 37.5 Å². The first-order valence-electron chi connectivity index (χ1n) is 9.31. The number of amides is 1. The van der Waals surface area contributed by atoms with Crippen LogP contribution in [-0.4, -0.2) is 34.1 Å². The fraction of sp³-hybridized carbons (Fsp3) is 0.450. The number of rotatable bonds is 4. The van der Waals surface area contributed by atoms with Crippen molar-refractivity contribution in [3.05, 3.63) is 48.3 Å². The molecule has 0 bridgehead atoms. The van der Waals surface area contributed by atoms with Crippen molar-refractivity contribution < 1.29 is 9.53 Å². The molecule has 6 heteroatoms. The van der Waals surface area contributed by atoms with Crippen LogP contribution in [-0.2, 0) is 4.74 Å². The van der Waals surface area contributed by atoms with E-state index in [-0.39, 0.29) is 17.6 Å². The van der Waals surface area contributed by atoms with Crippen molar-refractivity contribution in [2.75, 3.05) is 11.9 Å². The van der Waals surface area contributed by atoms with E-state index < -0.39 is 0 Å². The zero-order chi connectivity index (χ0) is 17.8. The lowest BCUT2D eigenvalue weighted by Gasteiger charge is -2.32. The first-order chi connectivity index (χ1) is 12.7. The lowest BCUT2D eigenvalue weighted by atomic mass is 9.82. The van der Waals surface area contributed by atoms with E-state index in [1.54, 1.807) is 12.4 Å². The third-order valence-corrected chi connectivity index (χ3v) is 5.25. The van der Waals surface area contributed by atoms with Gasteiger partial charge in [0.15, 0.2) is 0 Å². The van der Waals surface area contributed by atoms with Crippen molar-refractivity contribution in [3.63, 3.8) is 0 Å². The third-order valence-electron chi connectivity index (χ3n) is 5.25. The smallest absolute Gasteiger partial charge is 0.254 e. The number of carbonyl (C=O) groups excluding carboxylic acids is 1. The number of carbonyl (C=O) groups is 1. The number of nitrogens with zero attached hydrogens (tertiary/aromatic N) is 2. The fourth-order valence-electron chi connectivity index (χ4n) is 3.91. The number of hydrogen-bond acceptors (Lipinski definition) is 5. The molecule has 136 valence electrons. The summed E-state index contributed by atoms with van der Waals surface area (Å²) >= 11 is 0. The van der Waals surface area contributed by atoms with Crippen LogP contribution >= 0.6 is 0 Å². The van der Waals surface area contributed by atoms with Gasteiger partial charge in [-0.3, -0.25) is 4.79 Å². The maximum absolute atomic E-state index is 12.5. The zero-order valence-electron chi connectivity index (χ0n) is 14.8. The summed E-state index contributed by atoms with van der Waals surface area (Å²) in [5, 5.41) is 6.18. The Labute approximate surface area is 153 Å². The monoisotopic (exact) mass is 352 g/mol. The van der Waals surface area contributed by atoms with Crippen molar-refractivity contribution in [1.82, 2.24) is 15.3 Å². The molecule has 2 aromatic rings. The third kappa shape index (κ3) is 3.85. The van der Waals surface area contributed by atoms with Gasteiger partial charge in [-0.2, -0.15) is 0 Å². The molecule has 2 N–H and O–H groups in total. The topological polar surface area (TPSA) is 76.1 Å². The SMILES string of the molecule is O=C(N[C@H]1COC2(CCCCC2)C1)c1cnc(Nc2ccccc2)nc1. The van der Waals surface area contributed by atoms with Crippen LogP contribution < -0.4 is 10.6 Å². The number of aromatic nitrogens is 2. The average molecular weight is 352 g/mol. The predicted octanol–water partition coefficient (Wildman–Crippen LogP) is 3.44. The van der Waals surface area contributed by atoms with Gasteiger partial charge in [-0.15, -0.1) is 0 Å². The van der Waals surface area contributed by atoms with E-state index >= 15 is 0 Å². The zero-order valence-corrected chi connectivity index (χ0v) is 14.8. The fourth-order valence-corrected chi connectivity index (χ4v) is 3.91. The molecule has 1 saturated heterocycles. The molecule has 1 spiro atoms. The Balaban J connectivity index is 1.33. The molecule has 1 saturated carbocycles. The van der Waals surface area contributed by atoms with E-state index in [9.17, 15) is 4.79 Å². The summed E-state index contributed by atoms with van der Waals surface area (Å²) in [6.45, 7) is 0.597. The number of hydrogen-bond donors (Lipinski definition) is 2. The molecule has 1 aromatic carbocycles. The Morgan fingerprint density at radius 1 is 1.08 bits per heavy atom. The lowest BCUT2D eigenvalue weighted by Crippen LogP contribution is -2.37. The number of ether oxygens (including phenoxy) is 1. The molecule has 26 heavy (non-hydrogen) atoms. The minimum absolute atomic E-state index is 0.00381. The minimum atomic E-state index is -0.141. The second-order valence-electron chi connectivity index (χ2n) is 7.22. The number of anilines is 2. The Morgan fingerprint density at radius 2 is 1.81 bits per heavy atom. The van der Waals surface area contributed by atoms with E-state index in [4.69, 9.17) is 4.74 Å². The van der Waals surface area contributed by atoms with E-state index in [0.717, 1.165) is 24.9 Å². The largest absolute Gasteiger partial charge is 0.373 e. The van der Waals surface area contributed by atoms with Crippen LogP contribution in [0.2, 0.25) is 0 Å². The highest BCUT2D eigenvalue weighted by Crippen LogP contribution is 2.39. The van der Waals surface area contributed by atoms with Crippen LogP contribution in [0.25, 0.3) is 0 Å². The van der Waals surface area contributed by atoms with Gasteiger partial charge in [0, 0.05) is 18.1 Å². The molecule has 1 aliphatic heterocycles. The molecule has 4 rings (SSSR count).